The van der Waals surface area contributed by atoms with Gasteiger partial charge in [0.2, 0.25) is 0 Å². The number of aliphatic hydroxyl groups excluding tert-OH is 1. The number of nitrogens with one attached hydrogen (secondary N) is 1. The molecule has 2 N–H and O–H groups in total. The number of likely N-dealkylation sites (N-methyl/N-ethyl adjacent to an activating group) is 1. The van der Waals surface area contributed by atoms with Crippen LogP contribution in [0.25, 0.3) is 0 Å². The number of piperazine rings is 1. The molecule has 4 heteroatoms. The van der Waals surface area contributed by atoms with Crippen LogP contribution in [0.4, 0.5) is 0 Å². The Bertz CT molecular complexity index is 253. The SMILES string of the molecule is CCCNC1(CO)CCC(N2CCN(C)CC2)C1. The Morgan fingerprint density at radius 2 is 2.00 bits per heavy atom. The molecule has 4 nitrogen and oxygen atoms in total. The highest BCUT2D eigenvalue weighted by Crippen LogP contribution is 2.33. The van der Waals surface area contributed by atoms with Crippen molar-refractivity contribution in [2.75, 3.05) is 46.4 Å². The van der Waals surface area contributed by atoms with Crippen LogP contribution in [0.5, 0.6) is 0 Å². The zero-order chi connectivity index (χ0) is 13.0. The van der Waals surface area contributed by atoms with Crippen LogP contribution in [0, 0.1) is 0 Å². The summed E-state index contributed by atoms with van der Waals surface area (Å²) in [6.07, 6.45) is 4.62. The molecule has 2 unspecified atom stereocenters. The van der Waals surface area contributed by atoms with Gasteiger partial charge in [0.25, 0.3) is 0 Å². The van der Waals surface area contributed by atoms with Gasteiger partial charge in [0, 0.05) is 37.8 Å². The summed E-state index contributed by atoms with van der Waals surface area (Å²) < 4.78 is 0. The Morgan fingerprint density at radius 3 is 2.61 bits per heavy atom. The number of rotatable bonds is 5. The van der Waals surface area contributed by atoms with E-state index < -0.39 is 0 Å². The Hall–Kier alpha value is -0.160. The summed E-state index contributed by atoms with van der Waals surface area (Å²) in [5.41, 5.74) is 0.00399. The molecule has 1 saturated carbocycles. The largest absolute Gasteiger partial charge is 0.394 e. The van der Waals surface area contributed by atoms with Gasteiger partial charge in [-0.25, -0.2) is 0 Å². The van der Waals surface area contributed by atoms with Crippen molar-refractivity contribution in [3.63, 3.8) is 0 Å². The van der Waals surface area contributed by atoms with Crippen LogP contribution in [0.3, 0.4) is 0 Å². The van der Waals surface area contributed by atoms with Gasteiger partial charge in [0.1, 0.15) is 0 Å². The molecule has 2 atom stereocenters. The fourth-order valence-corrected chi connectivity index (χ4v) is 3.35. The molecule has 18 heavy (non-hydrogen) atoms. The van der Waals surface area contributed by atoms with E-state index in [2.05, 4.69) is 29.1 Å². The maximum atomic E-state index is 9.71. The minimum atomic E-state index is 0.00399. The van der Waals surface area contributed by atoms with E-state index in [1.165, 1.54) is 32.6 Å². The van der Waals surface area contributed by atoms with Gasteiger partial charge in [-0.3, -0.25) is 4.90 Å². The molecule has 0 bridgehead atoms. The van der Waals surface area contributed by atoms with Gasteiger partial charge in [0.05, 0.1) is 6.61 Å². The number of nitrogens with zero attached hydrogens (tertiary/aromatic N) is 2. The molecular weight excluding hydrogens is 226 g/mol. The monoisotopic (exact) mass is 255 g/mol. The fraction of sp³-hybridized carbons (Fsp3) is 1.00. The molecule has 0 aromatic carbocycles. The van der Waals surface area contributed by atoms with Crippen LogP contribution < -0.4 is 5.32 Å². The van der Waals surface area contributed by atoms with Gasteiger partial charge in [-0.1, -0.05) is 6.92 Å². The molecule has 0 aromatic rings. The number of hydrogen-bond donors (Lipinski definition) is 2. The second-order valence-electron chi connectivity index (χ2n) is 6.10. The first-order valence-corrected chi connectivity index (χ1v) is 7.47. The zero-order valence-electron chi connectivity index (χ0n) is 12.0. The van der Waals surface area contributed by atoms with E-state index in [0.29, 0.717) is 6.04 Å². The lowest BCUT2D eigenvalue weighted by Crippen LogP contribution is -2.51. The summed E-state index contributed by atoms with van der Waals surface area (Å²) in [4.78, 5) is 5.03. The molecule has 2 rings (SSSR count). The van der Waals surface area contributed by atoms with E-state index in [-0.39, 0.29) is 12.1 Å². The molecule has 0 spiro atoms. The van der Waals surface area contributed by atoms with Gasteiger partial charge in [0.15, 0.2) is 0 Å². The fourth-order valence-electron chi connectivity index (χ4n) is 3.35. The maximum Gasteiger partial charge on any atom is 0.0613 e. The van der Waals surface area contributed by atoms with Crippen molar-refractivity contribution in [1.82, 2.24) is 15.1 Å². The third kappa shape index (κ3) is 3.23. The molecule has 1 saturated heterocycles. The lowest BCUT2D eigenvalue weighted by Gasteiger charge is -2.37. The van der Waals surface area contributed by atoms with E-state index in [0.717, 1.165) is 25.8 Å². The molecule has 1 heterocycles. The summed E-state index contributed by atoms with van der Waals surface area (Å²) >= 11 is 0. The molecule has 2 aliphatic rings. The Labute approximate surface area is 111 Å². The normalized spacial score (nSPS) is 35.2. The summed E-state index contributed by atoms with van der Waals surface area (Å²) in [7, 11) is 2.20. The summed E-state index contributed by atoms with van der Waals surface area (Å²) in [5.74, 6) is 0. The lowest BCUT2D eigenvalue weighted by molar-refractivity contribution is 0.100. The first kappa shape index (κ1) is 14.3. The third-order valence-electron chi connectivity index (χ3n) is 4.69. The summed E-state index contributed by atoms with van der Waals surface area (Å²) in [5, 5.41) is 13.3. The molecule has 2 fully saturated rings. The van der Waals surface area contributed by atoms with Gasteiger partial charge in [-0.2, -0.15) is 0 Å². The van der Waals surface area contributed by atoms with Gasteiger partial charge < -0.3 is 15.3 Å². The van der Waals surface area contributed by atoms with Gasteiger partial charge in [-0.15, -0.1) is 0 Å². The van der Waals surface area contributed by atoms with E-state index in [4.69, 9.17) is 0 Å². The predicted molar refractivity (Wildman–Crippen MR) is 74.8 cm³/mol. The quantitative estimate of drug-likeness (QED) is 0.751. The highest BCUT2D eigenvalue weighted by Gasteiger charge is 2.40. The van der Waals surface area contributed by atoms with Crippen LogP contribution in [-0.4, -0.2) is 72.9 Å². The highest BCUT2D eigenvalue weighted by atomic mass is 16.3. The van der Waals surface area contributed by atoms with Crippen molar-refractivity contribution >= 4 is 0 Å². The first-order valence-electron chi connectivity index (χ1n) is 7.47. The van der Waals surface area contributed by atoms with Crippen molar-refractivity contribution in [2.45, 2.75) is 44.2 Å². The molecule has 106 valence electrons. The molecule has 1 aliphatic carbocycles. The van der Waals surface area contributed by atoms with Crippen molar-refractivity contribution in [3.05, 3.63) is 0 Å². The molecule has 0 aromatic heterocycles. The van der Waals surface area contributed by atoms with E-state index in [9.17, 15) is 5.11 Å². The third-order valence-corrected chi connectivity index (χ3v) is 4.69. The molecule has 0 radical (unpaired) electrons. The van der Waals surface area contributed by atoms with Crippen LogP contribution >= 0.6 is 0 Å². The van der Waals surface area contributed by atoms with E-state index in [1.807, 2.05) is 0 Å². The van der Waals surface area contributed by atoms with Crippen LogP contribution in [-0.2, 0) is 0 Å². The van der Waals surface area contributed by atoms with Gasteiger partial charge in [-0.05, 0) is 39.3 Å². The van der Waals surface area contributed by atoms with E-state index in [1.54, 1.807) is 0 Å². The number of hydrogen-bond acceptors (Lipinski definition) is 4. The van der Waals surface area contributed by atoms with E-state index >= 15 is 0 Å². The van der Waals surface area contributed by atoms with Crippen molar-refractivity contribution < 1.29 is 5.11 Å². The smallest absolute Gasteiger partial charge is 0.0613 e. The minimum absolute atomic E-state index is 0.00399. The molecular formula is C14H29N3O. The van der Waals surface area contributed by atoms with Crippen molar-refractivity contribution in [1.29, 1.82) is 0 Å². The second kappa shape index (κ2) is 6.33. The average Bonchev–Trinajstić information content (AvgIpc) is 2.82. The maximum absolute atomic E-state index is 9.71. The first-order chi connectivity index (χ1) is 8.69. The number of aliphatic hydroxyl groups is 1. The predicted octanol–water partition coefficient (Wildman–Crippen LogP) is 0.517. The average molecular weight is 255 g/mol. The molecule has 1 aliphatic heterocycles. The zero-order valence-corrected chi connectivity index (χ0v) is 12.0. The Morgan fingerprint density at radius 1 is 1.28 bits per heavy atom. The second-order valence-corrected chi connectivity index (χ2v) is 6.10. The van der Waals surface area contributed by atoms with Gasteiger partial charge >= 0.3 is 0 Å². The Kier molecular flexibility index (Phi) is 5.01. The minimum Gasteiger partial charge on any atom is -0.394 e. The standard InChI is InChI=1S/C14H29N3O/c1-3-6-15-14(12-18)5-4-13(11-14)17-9-7-16(2)8-10-17/h13,15,18H,3-12H2,1-2H3. The Balaban J connectivity index is 1.86. The van der Waals surface area contributed by atoms with Crippen molar-refractivity contribution in [3.8, 4) is 0 Å². The molecule has 0 amide bonds. The van der Waals surface area contributed by atoms with Crippen LogP contribution in [0.15, 0.2) is 0 Å². The topological polar surface area (TPSA) is 38.7 Å². The van der Waals surface area contributed by atoms with Crippen LogP contribution in [0.2, 0.25) is 0 Å². The highest BCUT2D eigenvalue weighted by molar-refractivity contribution is 4.99. The van der Waals surface area contributed by atoms with Crippen LogP contribution in [0.1, 0.15) is 32.6 Å². The summed E-state index contributed by atoms with van der Waals surface area (Å²) in [6.45, 7) is 8.25. The lowest BCUT2D eigenvalue weighted by atomic mass is 9.98. The van der Waals surface area contributed by atoms with Crippen molar-refractivity contribution in [2.24, 2.45) is 0 Å². The summed E-state index contributed by atoms with van der Waals surface area (Å²) in [6, 6.07) is 0.676.